The Hall–Kier alpha value is -1.85. The number of rotatable bonds is 11. The molecule has 0 spiro atoms. The molecule has 0 radical (unpaired) electrons. The molecule has 0 bridgehead atoms. The van der Waals surface area contributed by atoms with Gasteiger partial charge in [-0.15, -0.1) is 0 Å². The molecule has 0 aromatic heterocycles. The van der Waals surface area contributed by atoms with Gasteiger partial charge in [-0.3, -0.25) is 0 Å². The van der Waals surface area contributed by atoms with Gasteiger partial charge >= 0.3 is 53.6 Å². The van der Waals surface area contributed by atoms with E-state index in [1.165, 1.54) is 0 Å². The SMILES string of the molecule is CCCCN(C(=O)O)C(F)(F)C(F)(F)C(F)(F)C(F)(F)C(F)(F)C(F)(F)C(F)(F)C(C)(F)F. The quantitative estimate of drug-likeness (QED) is 0.235. The van der Waals surface area contributed by atoms with Crippen LogP contribution in [-0.2, 0) is 0 Å². The fourth-order valence-electron chi connectivity index (χ4n) is 2.10. The van der Waals surface area contributed by atoms with E-state index in [0.717, 1.165) is 6.92 Å². The van der Waals surface area contributed by atoms with E-state index in [4.69, 9.17) is 5.11 Å². The van der Waals surface area contributed by atoms with Gasteiger partial charge in [-0.1, -0.05) is 13.3 Å². The van der Waals surface area contributed by atoms with Crippen molar-refractivity contribution in [1.82, 2.24) is 4.90 Å². The predicted molar refractivity (Wildman–Crippen MR) is 74.9 cm³/mol. The van der Waals surface area contributed by atoms with Crippen molar-refractivity contribution >= 4 is 6.09 Å². The molecule has 0 aliphatic carbocycles. The highest BCUT2D eigenvalue weighted by Crippen LogP contribution is 2.64. The third-order valence-electron chi connectivity index (χ3n) is 4.21. The van der Waals surface area contributed by atoms with E-state index in [1.807, 2.05) is 0 Å². The second kappa shape index (κ2) is 8.42. The largest absolute Gasteiger partial charge is 0.465 e. The molecule has 198 valence electrons. The van der Waals surface area contributed by atoms with Crippen LogP contribution in [0.5, 0.6) is 0 Å². The Kier molecular flexibility index (Phi) is 7.95. The van der Waals surface area contributed by atoms with Crippen molar-refractivity contribution in [2.75, 3.05) is 6.54 Å². The van der Waals surface area contributed by atoms with Gasteiger partial charge in [0.15, 0.2) is 0 Å². The van der Waals surface area contributed by atoms with Gasteiger partial charge in [0.1, 0.15) is 0 Å². The van der Waals surface area contributed by atoms with Crippen LogP contribution in [0.3, 0.4) is 0 Å². The number of amides is 1. The lowest BCUT2D eigenvalue weighted by Crippen LogP contribution is -2.76. The first-order valence-corrected chi connectivity index (χ1v) is 8.17. The molecule has 0 heterocycles. The molecule has 0 aromatic carbocycles. The van der Waals surface area contributed by atoms with Gasteiger partial charge in [0.2, 0.25) is 0 Å². The summed E-state index contributed by atoms with van der Waals surface area (Å²) in [4.78, 5) is 8.81. The zero-order chi connectivity index (χ0) is 27.3. The fraction of sp³-hybridized carbons (Fsp3) is 0.929. The van der Waals surface area contributed by atoms with Crippen LogP contribution in [0.4, 0.5) is 75.0 Å². The summed E-state index contributed by atoms with van der Waals surface area (Å²) >= 11 is 0. The van der Waals surface area contributed by atoms with E-state index in [-0.39, 0.29) is 6.42 Å². The molecular formula is C14H13F16NO2. The Balaban J connectivity index is 6.84. The molecule has 0 saturated carbocycles. The van der Waals surface area contributed by atoms with Crippen LogP contribution in [0.2, 0.25) is 0 Å². The minimum Gasteiger partial charge on any atom is -0.465 e. The Morgan fingerprint density at radius 2 is 0.939 bits per heavy atom. The molecule has 0 aliphatic heterocycles. The van der Waals surface area contributed by atoms with Gasteiger partial charge in [-0.2, -0.15) is 70.2 Å². The Morgan fingerprint density at radius 3 is 1.21 bits per heavy atom. The molecule has 19 heteroatoms. The number of carboxylic acid groups (broad SMARTS) is 1. The summed E-state index contributed by atoms with van der Waals surface area (Å²) in [7, 11) is 0. The molecule has 0 aliphatic rings. The van der Waals surface area contributed by atoms with Crippen LogP contribution < -0.4 is 0 Å². The Morgan fingerprint density at radius 1 is 0.636 bits per heavy atom. The highest BCUT2D eigenvalue weighted by Gasteiger charge is 2.95. The van der Waals surface area contributed by atoms with Gasteiger partial charge in [0, 0.05) is 13.5 Å². The first kappa shape index (κ1) is 31.1. The maximum absolute atomic E-state index is 13.9. The van der Waals surface area contributed by atoms with E-state index in [1.54, 1.807) is 0 Å². The minimum atomic E-state index is -8.57. The molecule has 0 rings (SSSR count). The van der Waals surface area contributed by atoms with E-state index in [9.17, 15) is 75.0 Å². The number of nitrogens with zero attached hydrogens (tertiary/aromatic N) is 1. The van der Waals surface area contributed by atoms with Gasteiger partial charge < -0.3 is 5.11 Å². The summed E-state index contributed by atoms with van der Waals surface area (Å²) in [6, 6.07) is -7.01. The highest BCUT2D eigenvalue weighted by molar-refractivity contribution is 5.65. The van der Waals surface area contributed by atoms with E-state index >= 15 is 0 Å². The minimum absolute atomic E-state index is 0.303. The van der Waals surface area contributed by atoms with Gasteiger partial charge in [0.25, 0.3) is 0 Å². The van der Waals surface area contributed by atoms with Crippen LogP contribution >= 0.6 is 0 Å². The van der Waals surface area contributed by atoms with Gasteiger partial charge in [-0.25, -0.2) is 9.69 Å². The number of halogens is 16. The third kappa shape index (κ3) is 4.23. The van der Waals surface area contributed by atoms with Crippen molar-refractivity contribution in [3.05, 3.63) is 0 Å². The van der Waals surface area contributed by atoms with E-state index in [0.29, 0.717) is 0 Å². The van der Waals surface area contributed by atoms with Crippen molar-refractivity contribution in [3.8, 4) is 0 Å². The molecule has 33 heavy (non-hydrogen) atoms. The first-order valence-electron chi connectivity index (χ1n) is 8.17. The lowest BCUT2D eigenvalue weighted by Gasteiger charge is -2.44. The molecule has 0 unspecified atom stereocenters. The lowest BCUT2D eigenvalue weighted by molar-refractivity contribution is -0.458. The van der Waals surface area contributed by atoms with Crippen molar-refractivity contribution in [1.29, 1.82) is 0 Å². The normalized spacial score (nSPS) is 15.6. The number of alkyl halides is 16. The molecule has 0 saturated heterocycles. The molecule has 0 fully saturated rings. The lowest BCUT2D eigenvalue weighted by atomic mass is 9.88. The van der Waals surface area contributed by atoms with Crippen molar-refractivity contribution < 1.29 is 80.1 Å². The second-order valence-corrected chi connectivity index (χ2v) is 6.66. The summed E-state index contributed by atoms with van der Waals surface area (Å²) < 4.78 is 215. The highest BCUT2D eigenvalue weighted by atomic mass is 19.4. The van der Waals surface area contributed by atoms with Gasteiger partial charge in [-0.05, 0) is 6.42 Å². The zero-order valence-corrected chi connectivity index (χ0v) is 16.0. The van der Waals surface area contributed by atoms with Crippen LogP contribution in [-0.4, -0.2) is 70.1 Å². The van der Waals surface area contributed by atoms with Crippen LogP contribution in [0, 0.1) is 0 Å². The standard InChI is InChI=1S/C14H13F16NO2/c1-3-4-5-31(6(32)33)14(29,30)13(27,28)12(25,26)11(23,24)10(21,22)9(19,20)8(17,18)7(2,15)16/h3-5H2,1-2H3,(H,32,33). The maximum Gasteiger partial charge on any atom is 0.412 e. The number of hydrogen-bond donors (Lipinski definition) is 1. The summed E-state index contributed by atoms with van der Waals surface area (Å²) in [6.45, 7) is -1.93. The summed E-state index contributed by atoms with van der Waals surface area (Å²) in [5.74, 6) is -55.6. The fourth-order valence-corrected chi connectivity index (χ4v) is 2.10. The third-order valence-corrected chi connectivity index (χ3v) is 4.21. The molecule has 1 amide bonds. The van der Waals surface area contributed by atoms with Crippen LogP contribution in [0.25, 0.3) is 0 Å². The predicted octanol–water partition coefficient (Wildman–Crippen LogP) is 6.83. The average molecular weight is 531 g/mol. The summed E-state index contributed by atoms with van der Waals surface area (Å²) in [5.41, 5.74) is 0. The van der Waals surface area contributed by atoms with Gasteiger partial charge in [0.05, 0.1) is 0 Å². The number of hydrogen-bond acceptors (Lipinski definition) is 1. The second-order valence-electron chi connectivity index (χ2n) is 6.66. The Labute approximate surface area is 173 Å². The number of carbonyl (C=O) groups is 1. The molecule has 0 aromatic rings. The maximum atomic E-state index is 13.9. The van der Waals surface area contributed by atoms with Crippen molar-refractivity contribution in [2.45, 2.75) is 74.2 Å². The summed E-state index contributed by atoms with van der Waals surface area (Å²) in [6.07, 6.45) is -4.30. The summed E-state index contributed by atoms with van der Waals surface area (Å²) in [5, 5.41) is 8.48. The van der Waals surface area contributed by atoms with Crippen molar-refractivity contribution in [2.24, 2.45) is 0 Å². The first-order chi connectivity index (χ1) is 14.1. The molecular weight excluding hydrogens is 518 g/mol. The zero-order valence-electron chi connectivity index (χ0n) is 16.0. The molecule has 1 N–H and O–H groups in total. The average Bonchev–Trinajstić information content (AvgIpc) is 2.59. The van der Waals surface area contributed by atoms with Crippen LogP contribution in [0.1, 0.15) is 26.7 Å². The topological polar surface area (TPSA) is 40.5 Å². The van der Waals surface area contributed by atoms with E-state index < -0.39 is 78.4 Å². The molecule has 0 atom stereocenters. The smallest absolute Gasteiger partial charge is 0.412 e. The number of unbranched alkanes of at least 4 members (excludes halogenated alkanes) is 1. The Bertz CT molecular complexity index is 714. The monoisotopic (exact) mass is 531 g/mol. The van der Waals surface area contributed by atoms with Crippen molar-refractivity contribution in [3.63, 3.8) is 0 Å². The van der Waals surface area contributed by atoms with Crippen LogP contribution in [0.15, 0.2) is 0 Å². The molecule has 3 nitrogen and oxygen atoms in total. The van der Waals surface area contributed by atoms with E-state index in [2.05, 4.69) is 0 Å².